The van der Waals surface area contributed by atoms with Crippen molar-refractivity contribution in [3.63, 3.8) is 0 Å². The number of nitro groups is 1. The van der Waals surface area contributed by atoms with Gasteiger partial charge in [0.15, 0.2) is 5.78 Å². The summed E-state index contributed by atoms with van der Waals surface area (Å²) in [6.45, 7) is 0.962. The Bertz CT molecular complexity index is 861. The highest BCUT2D eigenvalue weighted by molar-refractivity contribution is 5.98. The lowest BCUT2D eigenvalue weighted by atomic mass is 9.89. The molecule has 27 heavy (non-hydrogen) atoms. The van der Waals surface area contributed by atoms with Crippen molar-refractivity contribution in [2.24, 2.45) is 5.92 Å². The standard InChI is InChI=1S/C19H19N3O5/c1-27-19(24)15-11-16(22(25)26)18(20-12-15)21-9-7-14(8-10-21)17(23)13-5-3-2-4-6-13/h2-6,11-12,14H,7-10H2,1H3. The van der Waals surface area contributed by atoms with Crippen LogP contribution in [0, 0.1) is 16.0 Å². The number of Topliss-reactive ketones (excluding diaryl/α,β-unsaturated/α-hetero) is 1. The zero-order valence-electron chi connectivity index (χ0n) is 14.8. The van der Waals surface area contributed by atoms with Crippen LogP contribution < -0.4 is 4.90 Å². The van der Waals surface area contributed by atoms with Gasteiger partial charge < -0.3 is 9.64 Å². The topological polar surface area (TPSA) is 103 Å². The Morgan fingerprint density at radius 2 is 1.85 bits per heavy atom. The van der Waals surface area contributed by atoms with E-state index in [1.165, 1.54) is 19.4 Å². The molecule has 1 saturated heterocycles. The molecule has 0 N–H and O–H groups in total. The molecule has 140 valence electrons. The zero-order chi connectivity index (χ0) is 19.4. The van der Waals surface area contributed by atoms with Gasteiger partial charge in [-0.2, -0.15) is 0 Å². The van der Waals surface area contributed by atoms with E-state index >= 15 is 0 Å². The molecule has 1 fully saturated rings. The van der Waals surface area contributed by atoms with Crippen molar-refractivity contribution in [3.8, 4) is 0 Å². The number of piperidine rings is 1. The van der Waals surface area contributed by atoms with Crippen LogP contribution in [0.5, 0.6) is 0 Å². The fraction of sp³-hybridized carbons (Fsp3) is 0.316. The third kappa shape index (κ3) is 3.94. The summed E-state index contributed by atoms with van der Waals surface area (Å²) in [5.74, 6) is -0.488. The van der Waals surface area contributed by atoms with E-state index in [0.29, 0.717) is 31.5 Å². The summed E-state index contributed by atoms with van der Waals surface area (Å²) in [7, 11) is 1.20. The molecule has 0 radical (unpaired) electrons. The smallest absolute Gasteiger partial charge is 0.339 e. The first-order valence-electron chi connectivity index (χ1n) is 8.58. The van der Waals surface area contributed by atoms with Gasteiger partial charge in [0, 0.05) is 36.8 Å². The summed E-state index contributed by atoms with van der Waals surface area (Å²) in [4.78, 5) is 40.9. The van der Waals surface area contributed by atoms with Crippen LogP contribution in [0.2, 0.25) is 0 Å². The van der Waals surface area contributed by atoms with Gasteiger partial charge in [-0.3, -0.25) is 14.9 Å². The minimum absolute atomic E-state index is 0.0297. The lowest BCUT2D eigenvalue weighted by Gasteiger charge is -2.31. The molecule has 1 aromatic carbocycles. The Labute approximate surface area is 155 Å². The Balaban J connectivity index is 1.75. The van der Waals surface area contributed by atoms with Crippen LogP contribution in [0.15, 0.2) is 42.6 Å². The number of ketones is 1. The predicted octanol–water partition coefficient (Wildman–Crippen LogP) is 2.88. The number of anilines is 1. The van der Waals surface area contributed by atoms with Crippen molar-refractivity contribution < 1.29 is 19.2 Å². The predicted molar refractivity (Wildman–Crippen MR) is 97.9 cm³/mol. The van der Waals surface area contributed by atoms with Crippen LogP contribution >= 0.6 is 0 Å². The van der Waals surface area contributed by atoms with Gasteiger partial charge in [-0.15, -0.1) is 0 Å². The molecule has 1 aromatic heterocycles. The third-order valence-electron chi connectivity index (χ3n) is 4.69. The van der Waals surface area contributed by atoms with Crippen LogP contribution in [-0.2, 0) is 4.74 Å². The van der Waals surface area contributed by atoms with Gasteiger partial charge in [-0.1, -0.05) is 30.3 Å². The average molecular weight is 369 g/mol. The Morgan fingerprint density at radius 3 is 2.44 bits per heavy atom. The number of methoxy groups -OCH3 is 1. The van der Waals surface area contributed by atoms with Crippen molar-refractivity contribution in [3.05, 3.63) is 63.8 Å². The van der Waals surface area contributed by atoms with Crippen molar-refractivity contribution in [2.75, 3.05) is 25.1 Å². The summed E-state index contributed by atoms with van der Waals surface area (Å²) in [5, 5.41) is 11.4. The van der Waals surface area contributed by atoms with Crippen molar-refractivity contribution in [1.29, 1.82) is 0 Å². The minimum Gasteiger partial charge on any atom is -0.465 e. The highest BCUT2D eigenvalue weighted by Crippen LogP contribution is 2.31. The molecule has 0 saturated carbocycles. The summed E-state index contributed by atoms with van der Waals surface area (Å²) in [6, 6.07) is 10.3. The average Bonchev–Trinajstić information content (AvgIpc) is 2.73. The van der Waals surface area contributed by atoms with E-state index in [0.717, 1.165) is 0 Å². The van der Waals surface area contributed by atoms with Crippen molar-refractivity contribution >= 4 is 23.3 Å². The number of esters is 1. The van der Waals surface area contributed by atoms with Crippen LogP contribution in [-0.4, -0.2) is 41.9 Å². The quantitative estimate of drug-likeness (QED) is 0.345. The lowest BCUT2D eigenvalue weighted by Crippen LogP contribution is -2.37. The first-order valence-corrected chi connectivity index (χ1v) is 8.58. The molecular formula is C19H19N3O5. The molecule has 0 aliphatic carbocycles. The second-order valence-corrected chi connectivity index (χ2v) is 6.31. The molecule has 3 rings (SSSR count). The minimum atomic E-state index is -0.677. The zero-order valence-corrected chi connectivity index (χ0v) is 14.8. The number of pyridine rings is 1. The fourth-order valence-corrected chi connectivity index (χ4v) is 3.25. The number of carbonyl (C=O) groups excluding carboxylic acids is 2. The molecule has 0 unspecified atom stereocenters. The number of aromatic nitrogens is 1. The van der Waals surface area contributed by atoms with Gasteiger partial charge in [0.1, 0.15) is 0 Å². The normalized spacial score (nSPS) is 14.6. The molecule has 0 amide bonds. The van der Waals surface area contributed by atoms with Gasteiger partial charge in [0.2, 0.25) is 5.82 Å². The van der Waals surface area contributed by atoms with Crippen LogP contribution in [0.4, 0.5) is 11.5 Å². The third-order valence-corrected chi connectivity index (χ3v) is 4.69. The number of carbonyl (C=O) groups is 2. The van der Waals surface area contributed by atoms with E-state index in [1.54, 1.807) is 17.0 Å². The van der Waals surface area contributed by atoms with Gasteiger partial charge in [0.05, 0.1) is 17.6 Å². The van der Waals surface area contributed by atoms with Crippen LogP contribution in [0.25, 0.3) is 0 Å². The number of rotatable bonds is 5. The highest BCUT2D eigenvalue weighted by atomic mass is 16.6. The Hall–Kier alpha value is -3.29. The first-order chi connectivity index (χ1) is 13.0. The number of hydrogen-bond acceptors (Lipinski definition) is 7. The molecule has 0 atom stereocenters. The van der Waals surface area contributed by atoms with E-state index in [-0.39, 0.29) is 28.8 Å². The van der Waals surface area contributed by atoms with E-state index in [4.69, 9.17) is 0 Å². The summed E-state index contributed by atoms with van der Waals surface area (Å²) in [5.41, 5.74) is 0.468. The van der Waals surface area contributed by atoms with Gasteiger partial charge in [0.25, 0.3) is 0 Å². The van der Waals surface area contributed by atoms with E-state index in [9.17, 15) is 19.7 Å². The van der Waals surface area contributed by atoms with E-state index in [2.05, 4.69) is 9.72 Å². The number of benzene rings is 1. The molecule has 8 nitrogen and oxygen atoms in total. The number of ether oxygens (including phenoxy) is 1. The summed E-state index contributed by atoms with van der Waals surface area (Å²) in [6.07, 6.45) is 2.45. The highest BCUT2D eigenvalue weighted by Gasteiger charge is 2.30. The van der Waals surface area contributed by atoms with Crippen molar-refractivity contribution in [2.45, 2.75) is 12.8 Å². The molecule has 1 aliphatic heterocycles. The maximum atomic E-state index is 12.6. The van der Waals surface area contributed by atoms with Crippen LogP contribution in [0.3, 0.4) is 0 Å². The second-order valence-electron chi connectivity index (χ2n) is 6.31. The Morgan fingerprint density at radius 1 is 1.19 bits per heavy atom. The number of hydrogen-bond donors (Lipinski definition) is 0. The van der Waals surface area contributed by atoms with E-state index < -0.39 is 10.9 Å². The van der Waals surface area contributed by atoms with Crippen LogP contribution in [0.1, 0.15) is 33.6 Å². The molecule has 2 heterocycles. The monoisotopic (exact) mass is 369 g/mol. The van der Waals surface area contributed by atoms with Gasteiger partial charge in [-0.05, 0) is 12.8 Å². The molecule has 0 bridgehead atoms. The van der Waals surface area contributed by atoms with Gasteiger partial charge in [-0.25, -0.2) is 9.78 Å². The van der Waals surface area contributed by atoms with Crippen molar-refractivity contribution in [1.82, 2.24) is 4.98 Å². The SMILES string of the molecule is COC(=O)c1cnc(N2CCC(C(=O)c3ccccc3)CC2)c([N+](=O)[O-])c1. The van der Waals surface area contributed by atoms with Gasteiger partial charge >= 0.3 is 11.7 Å². The second kappa shape index (κ2) is 7.94. The molecule has 0 spiro atoms. The summed E-state index contributed by atoms with van der Waals surface area (Å²) < 4.78 is 4.59. The summed E-state index contributed by atoms with van der Waals surface area (Å²) >= 11 is 0. The largest absolute Gasteiger partial charge is 0.465 e. The van der Waals surface area contributed by atoms with E-state index in [1.807, 2.05) is 18.2 Å². The number of nitrogens with zero attached hydrogens (tertiary/aromatic N) is 3. The Kier molecular flexibility index (Phi) is 5.44. The molecule has 8 heteroatoms. The molecular weight excluding hydrogens is 350 g/mol. The molecule has 1 aliphatic rings. The fourth-order valence-electron chi connectivity index (χ4n) is 3.25. The maximum absolute atomic E-state index is 12.6. The maximum Gasteiger partial charge on any atom is 0.339 e. The first kappa shape index (κ1) is 18.5. The lowest BCUT2D eigenvalue weighted by molar-refractivity contribution is -0.384. The molecule has 2 aromatic rings.